The molecule has 2 nitrogen and oxygen atoms in total. The van der Waals surface area contributed by atoms with Crippen LogP contribution in [0.25, 0.3) is 22.4 Å². The first kappa shape index (κ1) is 19.1. The van der Waals surface area contributed by atoms with Gasteiger partial charge < -0.3 is 0 Å². The van der Waals surface area contributed by atoms with E-state index in [2.05, 4.69) is 11.0 Å². The van der Waals surface area contributed by atoms with Crippen molar-refractivity contribution in [3.05, 3.63) is 60.0 Å². The predicted octanol–water partition coefficient (Wildman–Crippen LogP) is 5.73. The largest absolute Gasteiger partial charge is 0.435 e. The van der Waals surface area contributed by atoms with E-state index in [1.807, 2.05) is 18.4 Å². The first-order chi connectivity index (χ1) is 12.8. The molecule has 27 heavy (non-hydrogen) atoms. The summed E-state index contributed by atoms with van der Waals surface area (Å²) >= 11 is 1.52. The molecule has 0 saturated carbocycles. The minimum Gasteiger partial charge on any atom is -0.252 e. The van der Waals surface area contributed by atoms with Gasteiger partial charge in [0.2, 0.25) is 0 Å². The van der Waals surface area contributed by atoms with Gasteiger partial charge in [-0.15, -0.1) is 18.2 Å². The van der Waals surface area contributed by atoms with Crippen LogP contribution in [0.3, 0.4) is 0 Å². The van der Waals surface area contributed by atoms with Gasteiger partial charge in [0.25, 0.3) is 0 Å². The van der Waals surface area contributed by atoms with Crippen LogP contribution in [0.2, 0.25) is 0 Å². The van der Waals surface area contributed by atoms with E-state index in [0.717, 1.165) is 21.7 Å². The van der Waals surface area contributed by atoms with Crippen LogP contribution in [0, 0.1) is 18.2 Å². The molecule has 0 aliphatic carbocycles. The number of rotatable bonds is 4. The lowest BCUT2D eigenvalue weighted by molar-refractivity contribution is -0.141. The zero-order chi connectivity index (χ0) is 19.6. The monoisotopic (exact) mass is 390 g/mol. The topological polar surface area (TPSA) is 17.8 Å². The Hall–Kier alpha value is -2.72. The maximum atomic E-state index is 13.7. The molecule has 0 saturated heterocycles. The highest BCUT2D eigenvalue weighted by atomic mass is 32.2. The number of terminal acetylenes is 1. The number of thioether (sulfide) groups is 1. The maximum absolute atomic E-state index is 13.7. The Balaban J connectivity index is 2.32. The molecule has 138 valence electrons. The fourth-order valence-corrected chi connectivity index (χ4v) is 3.20. The summed E-state index contributed by atoms with van der Waals surface area (Å²) in [5, 5.41) is 3.74. The molecule has 0 unspecified atom stereocenters. The molecular formula is C20H14F4N2S. The average molecular weight is 390 g/mol. The van der Waals surface area contributed by atoms with Crippen molar-refractivity contribution in [2.75, 3.05) is 6.26 Å². The molecule has 7 heteroatoms. The molecule has 0 aliphatic rings. The number of hydrogen-bond donors (Lipinski definition) is 0. The summed E-state index contributed by atoms with van der Waals surface area (Å²) < 4.78 is 55.5. The zero-order valence-corrected chi connectivity index (χ0v) is 15.0. The van der Waals surface area contributed by atoms with Gasteiger partial charge in [0.05, 0.1) is 5.69 Å². The van der Waals surface area contributed by atoms with Crippen molar-refractivity contribution in [1.82, 2.24) is 9.78 Å². The van der Waals surface area contributed by atoms with Crippen molar-refractivity contribution in [3.63, 3.8) is 0 Å². The second-order valence-corrected chi connectivity index (χ2v) is 6.55. The minimum absolute atomic E-state index is 0.116. The molecule has 1 aromatic heterocycles. The van der Waals surface area contributed by atoms with E-state index >= 15 is 0 Å². The molecule has 0 aliphatic heterocycles. The molecular weight excluding hydrogens is 376 g/mol. The fourth-order valence-electron chi connectivity index (χ4n) is 2.79. The lowest BCUT2D eigenvalue weighted by Gasteiger charge is -2.11. The van der Waals surface area contributed by atoms with Crippen molar-refractivity contribution in [1.29, 1.82) is 0 Å². The van der Waals surface area contributed by atoms with E-state index in [9.17, 15) is 17.6 Å². The van der Waals surface area contributed by atoms with Crippen LogP contribution >= 0.6 is 11.8 Å². The molecule has 3 aromatic rings. The first-order valence-corrected chi connectivity index (χ1v) is 9.09. The summed E-state index contributed by atoms with van der Waals surface area (Å²) in [5.41, 5.74) is -0.149. The summed E-state index contributed by atoms with van der Waals surface area (Å²) in [7, 11) is 0. The molecule has 0 bridgehead atoms. The van der Waals surface area contributed by atoms with Crippen LogP contribution in [0.1, 0.15) is 5.69 Å². The van der Waals surface area contributed by atoms with Crippen molar-refractivity contribution in [2.45, 2.75) is 17.6 Å². The molecule has 0 amide bonds. The van der Waals surface area contributed by atoms with Gasteiger partial charge in [0, 0.05) is 16.0 Å². The number of halogens is 4. The summed E-state index contributed by atoms with van der Waals surface area (Å²) in [4.78, 5) is 0.973. The summed E-state index contributed by atoms with van der Waals surface area (Å²) in [6, 6.07) is 11.9. The fraction of sp³-hybridized carbons (Fsp3) is 0.150. The van der Waals surface area contributed by atoms with Crippen LogP contribution in [0.4, 0.5) is 17.6 Å². The van der Waals surface area contributed by atoms with E-state index in [1.54, 1.807) is 12.1 Å². The first-order valence-electron chi connectivity index (χ1n) is 7.87. The average Bonchev–Trinajstić information content (AvgIpc) is 3.02. The second-order valence-electron chi connectivity index (χ2n) is 5.67. The third-order valence-electron chi connectivity index (χ3n) is 3.96. The summed E-state index contributed by atoms with van der Waals surface area (Å²) in [5.74, 6) is 1.81. The number of benzene rings is 2. The predicted molar refractivity (Wildman–Crippen MR) is 98.7 cm³/mol. The molecule has 0 spiro atoms. The van der Waals surface area contributed by atoms with E-state index in [-0.39, 0.29) is 23.4 Å². The van der Waals surface area contributed by atoms with Crippen molar-refractivity contribution < 1.29 is 17.6 Å². The van der Waals surface area contributed by atoms with Crippen molar-refractivity contribution in [3.8, 4) is 34.7 Å². The van der Waals surface area contributed by atoms with Gasteiger partial charge in [0.1, 0.15) is 12.4 Å². The lowest BCUT2D eigenvalue weighted by Crippen LogP contribution is -2.09. The van der Waals surface area contributed by atoms with E-state index < -0.39 is 17.7 Å². The quantitative estimate of drug-likeness (QED) is 0.322. The third-order valence-corrected chi connectivity index (χ3v) is 4.70. The maximum Gasteiger partial charge on any atom is 0.435 e. The Kier molecular flexibility index (Phi) is 5.29. The van der Waals surface area contributed by atoms with Gasteiger partial charge in [0.15, 0.2) is 5.69 Å². The van der Waals surface area contributed by atoms with Gasteiger partial charge in [-0.1, -0.05) is 30.2 Å². The van der Waals surface area contributed by atoms with Gasteiger partial charge >= 0.3 is 6.18 Å². The summed E-state index contributed by atoms with van der Waals surface area (Å²) in [6.07, 6.45) is 2.56. The molecule has 0 radical (unpaired) electrons. The van der Waals surface area contributed by atoms with E-state index in [1.165, 1.54) is 23.9 Å². The Bertz CT molecular complexity index is 981. The number of hydrogen-bond acceptors (Lipinski definition) is 2. The molecule has 3 rings (SSSR count). The van der Waals surface area contributed by atoms with Gasteiger partial charge in [-0.2, -0.15) is 18.3 Å². The van der Waals surface area contributed by atoms with Gasteiger partial charge in [-0.05, 0) is 36.1 Å². The zero-order valence-electron chi connectivity index (χ0n) is 14.2. The second kappa shape index (κ2) is 7.49. The minimum atomic E-state index is -4.68. The number of aromatic nitrogens is 2. The Morgan fingerprint density at radius 3 is 2.15 bits per heavy atom. The standard InChI is InChI=1S/C20H14F4N2S/c1-3-12-26-18(14-6-10-16(27-2)11-7-14)17(19(25-26)20(22,23)24)13-4-8-15(21)9-5-13/h1,4-11H,12H2,2H3. The van der Waals surface area contributed by atoms with E-state index in [0.29, 0.717) is 5.56 Å². The highest BCUT2D eigenvalue weighted by molar-refractivity contribution is 7.98. The van der Waals surface area contributed by atoms with Crippen LogP contribution in [-0.2, 0) is 12.7 Å². The molecule has 2 aromatic carbocycles. The summed E-state index contributed by atoms with van der Waals surface area (Å²) in [6.45, 7) is -0.121. The van der Waals surface area contributed by atoms with Gasteiger partial charge in [-0.3, -0.25) is 4.68 Å². The molecule has 0 fully saturated rings. The van der Waals surface area contributed by atoms with Crippen molar-refractivity contribution >= 4 is 11.8 Å². The smallest absolute Gasteiger partial charge is 0.252 e. The Labute approximate surface area is 158 Å². The molecule has 0 atom stereocenters. The molecule has 0 N–H and O–H groups in total. The van der Waals surface area contributed by atoms with Gasteiger partial charge in [-0.25, -0.2) is 4.39 Å². The SMILES string of the molecule is C#CCn1nc(C(F)(F)F)c(-c2ccc(F)cc2)c1-c1ccc(SC)cc1. The van der Waals surface area contributed by atoms with Crippen LogP contribution in [0.15, 0.2) is 53.4 Å². The van der Waals surface area contributed by atoms with Crippen LogP contribution < -0.4 is 0 Å². The van der Waals surface area contributed by atoms with Crippen LogP contribution in [0.5, 0.6) is 0 Å². The Morgan fingerprint density at radius 2 is 1.63 bits per heavy atom. The number of alkyl halides is 3. The normalized spacial score (nSPS) is 11.4. The molecule has 1 heterocycles. The van der Waals surface area contributed by atoms with E-state index in [4.69, 9.17) is 6.42 Å². The highest BCUT2D eigenvalue weighted by Crippen LogP contribution is 2.42. The lowest BCUT2D eigenvalue weighted by atomic mass is 9.98. The number of nitrogens with zero attached hydrogens (tertiary/aromatic N) is 2. The highest BCUT2D eigenvalue weighted by Gasteiger charge is 2.39. The Morgan fingerprint density at radius 1 is 1.04 bits per heavy atom. The third kappa shape index (κ3) is 3.86. The van der Waals surface area contributed by atoms with Crippen LogP contribution in [-0.4, -0.2) is 16.0 Å². The van der Waals surface area contributed by atoms with Crippen molar-refractivity contribution in [2.24, 2.45) is 0 Å².